The van der Waals surface area contributed by atoms with E-state index in [0.717, 1.165) is 25.8 Å². The lowest BCUT2D eigenvalue weighted by Gasteiger charge is -2.09. The van der Waals surface area contributed by atoms with Gasteiger partial charge in [0.15, 0.2) is 0 Å². The molecule has 14 heavy (non-hydrogen) atoms. The van der Waals surface area contributed by atoms with Gasteiger partial charge in [0.1, 0.15) is 0 Å². The summed E-state index contributed by atoms with van der Waals surface area (Å²) in [7, 11) is 1.93. The minimum absolute atomic E-state index is 0.0354. The first-order valence-corrected chi connectivity index (χ1v) is 5.01. The molecular weight excluding hydrogens is 178 g/mol. The molecule has 0 radical (unpaired) electrons. The summed E-state index contributed by atoms with van der Waals surface area (Å²) in [6.07, 6.45) is 4.82. The predicted molar refractivity (Wildman–Crippen MR) is 58.7 cm³/mol. The number of hydrogen-bond acceptors (Lipinski definition) is 3. The van der Waals surface area contributed by atoms with Crippen LogP contribution in [-0.2, 0) is 4.79 Å². The molecule has 4 N–H and O–H groups in total. The molecule has 0 aromatic rings. The topological polar surface area (TPSA) is 67.2 Å². The van der Waals surface area contributed by atoms with Gasteiger partial charge < -0.3 is 16.4 Å². The maximum atomic E-state index is 11.1. The molecule has 1 amide bonds. The van der Waals surface area contributed by atoms with Gasteiger partial charge in [0.25, 0.3) is 0 Å². The first-order valence-electron chi connectivity index (χ1n) is 5.01. The van der Waals surface area contributed by atoms with Gasteiger partial charge in [-0.25, -0.2) is 0 Å². The summed E-state index contributed by atoms with van der Waals surface area (Å²) in [5.74, 6) is -0.0545. The number of nitrogens with two attached hydrogens (primary N) is 1. The molecule has 0 spiro atoms. The maximum absolute atomic E-state index is 11.1. The molecule has 0 aliphatic heterocycles. The Hall–Kier alpha value is -0.870. The number of hydrogen-bond donors (Lipinski definition) is 3. The third-order valence-corrected chi connectivity index (χ3v) is 1.96. The van der Waals surface area contributed by atoms with Crippen LogP contribution in [0.15, 0.2) is 12.8 Å². The Kier molecular flexibility index (Phi) is 8.17. The van der Waals surface area contributed by atoms with E-state index in [1.54, 1.807) is 0 Å². The molecule has 0 rings (SSSR count). The van der Waals surface area contributed by atoms with Crippen molar-refractivity contribution in [1.82, 2.24) is 10.6 Å². The molecule has 82 valence electrons. The second kappa shape index (κ2) is 8.72. The molecule has 0 bridgehead atoms. The predicted octanol–water partition coefficient (Wildman–Crippen LogP) is 0.353. The van der Waals surface area contributed by atoms with Gasteiger partial charge in [-0.15, -0.1) is 0 Å². The number of carbonyl (C=O) groups excluding carboxylic acids is 1. The average molecular weight is 199 g/mol. The smallest absolute Gasteiger partial charge is 0.225 e. The van der Waals surface area contributed by atoms with E-state index in [0.29, 0.717) is 6.42 Å². The van der Waals surface area contributed by atoms with Gasteiger partial charge in [0, 0.05) is 12.5 Å². The Bertz CT molecular complexity index is 171. The number of carbonyl (C=O) groups is 1. The van der Waals surface area contributed by atoms with E-state index in [4.69, 9.17) is 5.73 Å². The van der Waals surface area contributed by atoms with Crippen molar-refractivity contribution in [2.45, 2.75) is 31.7 Å². The molecule has 0 aromatic heterocycles. The summed E-state index contributed by atoms with van der Waals surface area (Å²) in [5, 5.41) is 5.58. The highest BCUT2D eigenvalue weighted by Crippen LogP contribution is 2.01. The molecule has 1 unspecified atom stereocenters. The van der Waals surface area contributed by atoms with Gasteiger partial charge in [0.05, 0.1) is 0 Å². The molecule has 0 fully saturated rings. The van der Waals surface area contributed by atoms with Crippen molar-refractivity contribution in [3.05, 3.63) is 12.8 Å². The number of rotatable bonds is 8. The van der Waals surface area contributed by atoms with Crippen molar-refractivity contribution < 1.29 is 4.79 Å². The summed E-state index contributed by atoms with van der Waals surface area (Å²) in [6.45, 7) is 4.42. The van der Waals surface area contributed by atoms with Crippen molar-refractivity contribution in [1.29, 1.82) is 0 Å². The van der Waals surface area contributed by atoms with E-state index in [1.165, 1.54) is 6.20 Å². The fourth-order valence-electron chi connectivity index (χ4n) is 1.22. The van der Waals surface area contributed by atoms with Crippen LogP contribution in [0.2, 0.25) is 0 Å². The van der Waals surface area contributed by atoms with Gasteiger partial charge in [-0.3, -0.25) is 4.79 Å². The number of nitrogens with one attached hydrogen (secondary N) is 2. The van der Waals surface area contributed by atoms with Crippen molar-refractivity contribution in [2.24, 2.45) is 5.73 Å². The van der Waals surface area contributed by atoms with Crippen LogP contribution in [0.5, 0.6) is 0 Å². The molecule has 0 saturated heterocycles. The Morgan fingerprint density at radius 1 is 1.57 bits per heavy atom. The zero-order valence-corrected chi connectivity index (χ0v) is 8.88. The van der Waals surface area contributed by atoms with Crippen molar-refractivity contribution in [2.75, 3.05) is 13.6 Å². The van der Waals surface area contributed by atoms with Crippen molar-refractivity contribution in [3.63, 3.8) is 0 Å². The summed E-state index contributed by atoms with van der Waals surface area (Å²) in [5.41, 5.74) is 5.77. The Morgan fingerprint density at radius 2 is 2.29 bits per heavy atom. The molecule has 4 nitrogen and oxygen atoms in total. The number of amides is 1. The second-order valence-electron chi connectivity index (χ2n) is 3.34. The standard InChI is InChI=1S/C10H21N3O/c1-3-13-10(14)8-9(11)6-4-5-7-12-2/h3,9,12H,1,4-8,11H2,2H3,(H,13,14). The summed E-state index contributed by atoms with van der Waals surface area (Å²) in [4.78, 5) is 11.1. The molecule has 0 saturated carbocycles. The molecule has 0 aliphatic carbocycles. The van der Waals surface area contributed by atoms with Crippen molar-refractivity contribution >= 4 is 5.91 Å². The fourth-order valence-corrected chi connectivity index (χ4v) is 1.22. The van der Waals surface area contributed by atoms with E-state index in [1.807, 2.05) is 7.05 Å². The molecule has 0 aromatic carbocycles. The van der Waals surface area contributed by atoms with Crippen LogP contribution < -0.4 is 16.4 Å². The monoisotopic (exact) mass is 199 g/mol. The van der Waals surface area contributed by atoms with Crippen LogP contribution in [0.4, 0.5) is 0 Å². The van der Waals surface area contributed by atoms with Gasteiger partial charge in [0.2, 0.25) is 5.91 Å². The fraction of sp³-hybridized carbons (Fsp3) is 0.700. The lowest BCUT2D eigenvalue weighted by atomic mass is 10.1. The van der Waals surface area contributed by atoms with Crippen LogP contribution in [0.1, 0.15) is 25.7 Å². The normalized spacial score (nSPS) is 12.1. The molecule has 4 heteroatoms. The first-order chi connectivity index (χ1) is 6.70. The maximum Gasteiger partial charge on any atom is 0.225 e. The third-order valence-electron chi connectivity index (χ3n) is 1.96. The second-order valence-corrected chi connectivity index (χ2v) is 3.34. The minimum atomic E-state index is -0.0545. The zero-order chi connectivity index (χ0) is 10.8. The highest BCUT2D eigenvalue weighted by molar-refractivity contribution is 5.77. The minimum Gasteiger partial charge on any atom is -0.333 e. The highest BCUT2D eigenvalue weighted by Gasteiger charge is 2.07. The zero-order valence-electron chi connectivity index (χ0n) is 8.88. The van der Waals surface area contributed by atoms with E-state index in [2.05, 4.69) is 17.2 Å². The first kappa shape index (κ1) is 13.1. The van der Waals surface area contributed by atoms with E-state index in [-0.39, 0.29) is 11.9 Å². The van der Waals surface area contributed by atoms with Crippen LogP contribution in [0.3, 0.4) is 0 Å². The lowest BCUT2D eigenvalue weighted by molar-refractivity contribution is -0.120. The summed E-state index contributed by atoms with van der Waals surface area (Å²) < 4.78 is 0. The van der Waals surface area contributed by atoms with Gasteiger partial charge in [-0.2, -0.15) is 0 Å². The highest BCUT2D eigenvalue weighted by atomic mass is 16.1. The lowest BCUT2D eigenvalue weighted by Crippen LogP contribution is -2.29. The third kappa shape index (κ3) is 7.76. The van der Waals surface area contributed by atoms with Crippen LogP contribution in [0, 0.1) is 0 Å². The van der Waals surface area contributed by atoms with Crippen LogP contribution >= 0.6 is 0 Å². The van der Waals surface area contributed by atoms with Gasteiger partial charge >= 0.3 is 0 Å². The molecule has 0 aliphatic rings. The van der Waals surface area contributed by atoms with Gasteiger partial charge in [-0.05, 0) is 32.6 Å². The van der Waals surface area contributed by atoms with Crippen molar-refractivity contribution in [3.8, 4) is 0 Å². The summed E-state index contributed by atoms with van der Waals surface area (Å²) >= 11 is 0. The van der Waals surface area contributed by atoms with Crippen LogP contribution in [-0.4, -0.2) is 25.5 Å². The number of unbranched alkanes of at least 4 members (excludes halogenated alkanes) is 1. The van der Waals surface area contributed by atoms with E-state index < -0.39 is 0 Å². The Labute approximate surface area is 85.9 Å². The SMILES string of the molecule is C=CNC(=O)CC(N)CCCCNC. The quantitative estimate of drug-likeness (QED) is 0.494. The Balaban J connectivity index is 3.39. The molecular formula is C10H21N3O. The molecule has 1 atom stereocenters. The van der Waals surface area contributed by atoms with Gasteiger partial charge in [-0.1, -0.05) is 13.0 Å². The van der Waals surface area contributed by atoms with Crippen LogP contribution in [0.25, 0.3) is 0 Å². The largest absolute Gasteiger partial charge is 0.333 e. The molecule has 0 heterocycles. The average Bonchev–Trinajstić information content (AvgIpc) is 2.13. The van der Waals surface area contributed by atoms with E-state index >= 15 is 0 Å². The summed E-state index contributed by atoms with van der Waals surface area (Å²) in [6, 6.07) is -0.0354. The van der Waals surface area contributed by atoms with E-state index in [9.17, 15) is 4.79 Å². The Morgan fingerprint density at radius 3 is 2.86 bits per heavy atom.